The number of primary amides is 1. The van der Waals surface area contributed by atoms with Crippen LogP contribution in [0, 0.1) is 5.92 Å². The maximum Gasteiger partial charge on any atom is 0.309 e. The lowest BCUT2D eigenvalue weighted by Crippen LogP contribution is -2.40. The highest BCUT2D eigenvalue weighted by Gasteiger charge is 2.24. The van der Waals surface area contributed by atoms with Gasteiger partial charge in [0.15, 0.2) is 0 Å². The number of likely N-dealkylation sites (tertiary alicyclic amines) is 1. The van der Waals surface area contributed by atoms with Crippen LogP contribution in [0.3, 0.4) is 0 Å². The molecule has 0 bridgehead atoms. The van der Waals surface area contributed by atoms with E-state index in [-0.39, 0.29) is 24.2 Å². The topological polar surface area (TPSA) is 72.6 Å². The third-order valence-corrected chi connectivity index (χ3v) is 3.98. The highest BCUT2D eigenvalue weighted by atomic mass is 16.5. The molecule has 1 aliphatic rings. The van der Waals surface area contributed by atoms with Crippen molar-refractivity contribution in [1.82, 2.24) is 4.90 Å². The maximum absolute atomic E-state index is 11.5. The van der Waals surface area contributed by atoms with Crippen molar-refractivity contribution in [3.8, 4) is 0 Å². The zero-order chi connectivity index (χ0) is 15.2. The van der Waals surface area contributed by atoms with Crippen molar-refractivity contribution in [3.05, 3.63) is 35.4 Å². The molecule has 5 nitrogen and oxygen atoms in total. The molecule has 2 rings (SSSR count). The number of hydrogen-bond donors (Lipinski definition) is 1. The van der Waals surface area contributed by atoms with Crippen molar-refractivity contribution in [1.29, 1.82) is 0 Å². The Bertz CT molecular complexity index is 516. The monoisotopic (exact) mass is 290 g/mol. The van der Waals surface area contributed by atoms with E-state index in [0.717, 1.165) is 37.1 Å². The average Bonchev–Trinajstić information content (AvgIpc) is 2.49. The SMILES string of the molecule is COC(=O)Cc1ccccc1CN1CCCC(C(N)=O)C1. The van der Waals surface area contributed by atoms with Gasteiger partial charge in [-0.3, -0.25) is 14.5 Å². The van der Waals surface area contributed by atoms with Gasteiger partial charge in [-0.15, -0.1) is 0 Å². The number of carbonyl (C=O) groups excluding carboxylic acids is 2. The predicted molar refractivity (Wildman–Crippen MR) is 79.4 cm³/mol. The molecule has 0 radical (unpaired) electrons. The number of methoxy groups -OCH3 is 1. The Morgan fingerprint density at radius 2 is 2.05 bits per heavy atom. The van der Waals surface area contributed by atoms with Gasteiger partial charge < -0.3 is 10.5 Å². The van der Waals surface area contributed by atoms with Crippen molar-refractivity contribution in [2.24, 2.45) is 11.7 Å². The summed E-state index contributed by atoms with van der Waals surface area (Å²) in [6, 6.07) is 7.85. The molecule has 0 saturated carbocycles. The lowest BCUT2D eigenvalue weighted by molar-refractivity contribution is -0.139. The zero-order valence-corrected chi connectivity index (χ0v) is 12.4. The van der Waals surface area contributed by atoms with Gasteiger partial charge >= 0.3 is 5.97 Å². The molecular weight excluding hydrogens is 268 g/mol. The van der Waals surface area contributed by atoms with Crippen molar-refractivity contribution in [3.63, 3.8) is 0 Å². The van der Waals surface area contributed by atoms with Crippen LogP contribution >= 0.6 is 0 Å². The fourth-order valence-electron chi connectivity index (χ4n) is 2.78. The number of nitrogens with two attached hydrogens (primary N) is 1. The van der Waals surface area contributed by atoms with Gasteiger partial charge in [0.05, 0.1) is 19.4 Å². The molecule has 0 aliphatic carbocycles. The van der Waals surface area contributed by atoms with E-state index in [9.17, 15) is 9.59 Å². The molecule has 5 heteroatoms. The third kappa shape index (κ3) is 4.29. The summed E-state index contributed by atoms with van der Waals surface area (Å²) < 4.78 is 4.73. The summed E-state index contributed by atoms with van der Waals surface area (Å²) >= 11 is 0. The van der Waals surface area contributed by atoms with E-state index >= 15 is 0 Å². The number of carbonyl (C=O) groups is 2. The second-order valence-corrected chi connectivity index (χ2v) is 5.50. The molecule has 1 saturated heterocycles. The highest BCUT2D eigenvalue weighted by molar-refractivity contribution is 5.77. The second-order valence-electron chi connectivity index (χ2n) is 5.50. The Balaban J connectivity index is 2.05. The first-order valence-electron chi connectivity index (χ1n) is 7.25. The molecule has 1 aromatic carbocycles. The van der Waals surface area contributed by atoms with Crippen LogP contribution in [-0.4, -0.2) is 37.0 Å². The molecule has 0 spiro atoms. The van der Waals surface area contributed by atoms with Gasteiger partial charge in [0, 0.05) is 13.1 Å². The van der Waals surface area contributed by atoms with E-state index in [1.54, 1.807) is 0 Å². The first-order valence-corrected chi connectivity index (χ1v) is 7.25. The number of rotatable bonds is 5. The van der Waals surface area contributed by atoms with E-state index in [2.05, 4.69) is 4.90 Å². The molecule has 1 heterocycles. The summed E-state index contributed by atoms with van der Waals surface area (Å²) in [5, 5.41) is 0. The number of amides is 1. The molecule has 1 atom stereocenters. The normalized spacial score (nSPS) is 19.2. The van der Waals surface area contributed by atoms with Crippen LogP contribution < -0.4 is 5.73 Å². The van der Waals surface area contributed by atoms with Gasteiger partial charge in [0.25, 0.3) is 0 Å². The number of esters is 1. The lowest BCUT2D eigenvalue weighted by atomic mass is 9.96. The summed E-state index contributed by atoms with van der Waals surface area (Å²) in [6.07, 6.45) is 2.13. The standard InChI is InChI=1S/C16H22N2O3/c1-21-15(19)9-12-5-2-3-6-13(12)10-18-8-4-7-14(11-18)16(17)20/h2-3,5-6,14H,4,7-11H2,1H3,(H2,17,20). The molecule has 1 aromatic rings. The summed E-state index contributed by atoms with van der Waals surface area (Å²) in [5.41, 5.74) is 7.49. The summed E-state index contributed by atoms with van der Waals surface area (Å²) in [6.45, 7) is 2.38. The highest BCUT2D eigenvalue weighted by Crippen LogP contribution is 2.20. The van der Waals surface area contributed by atoms with Crippen LogP contribution in [-0.2, 0) is 27.3 Å². The number of ether oxygens (including phenoxy) is 1. The summed E-state index contributed by atoms with van der Waals surface area (Å²) in [4.78, 5) is 25.0. The third-order valence-electron chi connectivity index (χ3n) is 3.98. The Kier molecular flexibility index (Phi) is 5.33. The largest absolute Gasteiger partial charge is 0.469 e. The Hall–Kier alpha value is -1.88. The van der Waals surface area contributed by atoms with Crippen LogP contribution in [0.25, 0.3) is 0 Å². The van der Waals surface area contributed by atoms with E-state index in [1.807, 2.05) is 24.3 Å². The van der Waals surface area contributed by atoms with Gasteiger partial charge in [0.2, 0.25) is 5.91 Å². The minimum atomic E-state index is -0.240. The molecule has 0 aromatic heterocycles. The Morgan fingerprint density at radius 1 is 1.33 bits per heavy atom. The number of benzene rings is 1. The number of nitrogens with zero attached hydrogens (tertiary/aromatic N) is 1. The number of piperidine rings is 1. The minimum Gasteiger partial charge on any atom is -0.469 e. The molecule has 21 heavy (non-hydrogen) atoms. The molecule has 2 N–H and O–H groups in total. The fourth-order valence-corrected chi connectivity index (χ4v) is 2.78. The van der Waals surface area contributed by atoms with Crippen LogP contribution in [0.15, 0.2) is 24.3 Å². The van der Waals surface area contributed by atoms with Crippen molar-refractivity contribution in [2.45, 2.75) is 25.8 Å². The maximum atomic E-state index is 11.5. The van der Waals surface area contributed by atoms with Crippen molar-refractivity contribution in [2.75, 3.05) is 20.2 Å². The van der Waals surface area contributed by atoms with Gasteiger partial charge in [-0.2, -0.15) is 0 Å². The Labute approximate surface area is 125 Å². The molecule has 1 fully saturated rings. The minimum absolute atomic E-state index is 0.0634. The van der Waals surface area contributed by atoms with E-state index in [4.69, 9.17) is 10.5 Å². The quantitative estimate of drug-likeness (QED) is 0.824. The fraction of sp³-hybridized carbons (Fsp3) is 0.500. The predicted octanol–water partition coefficient (Wildman–Crippen LogP) is 1.10. The van der Waals surface area contributed by atoms with Gasteiger partial charge in [-0.05, 0) is 30.5 Å². The van der Waals surface area contributed by atoms with Crippen molar-refractivity contribution >= 4 is 11.9 Å². The summed E-state index contributed by atoms with van der Waals surface area (Å²) in [7, 11) is 1.40. The average molecular weight is 290 g/mol. The van der Waals surface area contributed by atoms with E-state index in [1.165, 1.54) is 7.11 Å². The van der Waals surface area contributed by atoms with E-state index < -0.39 is 0 Å². The molecule has 1 unspecified atom stereocenters. The first-order chi connectivity index (χ1) is 10.1. The van der Waals surface area contributed by atoms with E-state index in [0.29, 0.717) is 6.54 Å². The molecule has 1 amide bonds. The lowest BCUT2D eigenvalue weighted by Gasteiger charge is -2.31. The van der Waals surface area contributed by atoms with Crippen LogP contribution in [0.4, 0.5) is 0 Å². The number of hydrogen-bond acceptors (Lipinski definition) is 4. The smallest absolute Gasteiger partial charge is 0.309 e. The Morgan fingerprint density at radius 3 is 2.71 bits per heavy atom. The van der Waals surface area contributed by atoms with Crippen LogP contribution in [0.1, 0.15) is 24.0 Å². The van der Waals surface area contributed by atoms with Gasteiger partial charge in [-0.1, -0.05) is 24.3 Å². The molecule has 114 valence electrons. The van der Waals surface area contributed by atoms with Crippen LogP contribution in [0.5, 0.6) is 0 Å². The second kappa shape index (κ2) is 7.22. The summed E-state index contributed by atoms with van der Waals surface area (Å²) in [5.74, 6) is -0.523. The molecule has 1 aliphatic heterocycles. The first kappa shape index (κ1) is 15.5. The van der Waals surface area contributed by atoms with Gasteiger partial charge in [0.1, 0.15) is 0 Å². The van der Waals surface area contributed by atoms with Crippen LogP contribution in [0.2, 0.25) is 0 Å². The van der Waals surface area contributed by atoms with Crippen molar-refractivity contribution < 1.29 is 14.3 Å². The molecular formula is C16H22N2O3. The van der Waals surface area contributed by atoms with Gasteiger partial charge in [-0.25, -0.2) is 0 Å². The zero-order valence-electron chi connectivity index (χ0n) is 12.4.